The van der Waals surface area contributed by atoms with Crippen LogP contribution in [-0.4, -0.2) is 12.8 Å². The second-order valence-corrected chi connectivity index (χ2v) is 5.21. The molecule has 0 aliphatic carbocycles. The first-order valence-corrected chi connectivity index (χ1v) is 6.94. The number of anilines is 1. The Bertz CT molecular complexity index is 678. The van der Waals surface area contributed by atoms with Gasteiger partial charge in [-0.05, 0) is 41.8 Å². The van der Waals surface area contributed by atoms with Gasteiger partial charge in [0.1, 0.15) is 12.1 Å². The average molecular weight is 281 g/mol. The van der Waals surface area contributed by atoms with Crippen LogP contribution in [0.1, 0.15) is 17.2 Å². The number of nitrogens with zero attached hydrogens (tertiary/aromatic N) is 1. The van der Waals surface area contributed by atoms with E-state index in [4.69, 9.17) is 0 Å². The predicted octanol–water partition coefficient (Wildman–Crippen LogP) is 3.68. The number of aldehydes is 1. The van der Waals surface area contributed by atoms with Crippen LogP contribution in [0.4, 0.5) is 10.1 Å². The van der Waals surface area contributed by atoms with Gasteiger partial charge in [0.05, 0.1) is 6.04 Å². The van der Waals surface area contributed by atoms with E-state index < -0.39 is 0 Å². The van der Waals surface area contributed by atoms with Crippen LogP contribution in [0.2, 0.25) is 0 Å². The molecule has 3 rings (SSSR count). The van der Waals surface area contributed by atoms with E-state index in [1.54, 1.807) is 12.1 Å². The Morgan fingerprint density at radius 1 is 1.19 bits per heavy atom. The minimum atomic E-state index is -0.262. The Morgan fingerprint density at radius 2 is 1.90 bits per heavy atom. The van der Waals surface area contributed by atoms with Crippen LogP contribution in [0.25, 0.3) is 0 Å². The largest absolute Gasteiger partial charge is 0.360 e. The first kappa shape index (κ1) is 13.6. The second-order valence-electron chi connectivity index (χ2n) is 5.21. The van der Waals surface area contributed by atoms with Crippen molar-refractivity contribution in [2.45, 2.75) is 12.5 Å². The number of hydrogen-bond acceptors (Lipinski definition) is 2. The van der Waals surface area contributed by atoms with E-state index in [1.807, 2.05) is 18.2 Å². The molecular formula is C18H16FNO. The van der Waals surface area contributed by atoms with Crippen molar-refractivity contribution in [3.05, 3.63) is 77.6 Å². The number of hydrogen-bond donors (Lipinski definition) is 0. The molecule has 2 aromatic carbocycles. The lowest BCUT2D eigenvalue weighted by atomic mass is 9.88. The molecule has 1 aliphatic rings. The maximum Gasteiger partial charge on any atom is 0.147 e. The van der Waals surface area contributed by atoms with Gasteiger partial charge in [0, 0.05) is 17.8 Å². The van der Waals surface area contributed by atoms with E-state index in [0.717, 1.165) is 30.5 Å². The highest BCUT2D eigenvalue weighted by atomic mass is 19.1. The third-order valence-electron chi connectivity index (χ3n) is 3.94. The summed E-state index contributed by atoms with van der Waals surface area (Å²) in [6.45, 7) is 4.68. The van der Waals surface area contributed by atoms with Crippen molar-refractivity contribution >= 4 is 12.0 Å². The van der Waals surface area contributed by atoms with E-state index in [9.17, 15) is 9.18 Å². The molecule has 0 unspecified atom stereocenters. The van der Waals surface area contributed by atoms with Gasteiger partial charge < -0.3 is 4.90 Å². The number of fused-ring (bicyclic) bond motifs is 1. The minimum Gasteiger partial charge on any atom is -0.360 e. The Hall–Kier alpha value is -2.42. The number of carbonyl (C=O) groups excluding carboxylic acids is 1. The fourth-order valence-corrected chi connectivity index (χ4v) is 2.94. The summed E-state index contributed by atoms with van der Waals surface area (Å²) in [4.78, 5) is 13.4. The highest BCUT2D eigenvalue weighted by Crippen LogP contribution is 2.37. The summed E-state index contributed by atoms with van der Waals surface area (Å²) in [6.07, 6.45) is 1.71. The fraction of sp³-hybridized carbons (Fsp3) is 0.167. The smallest absolute Gasteiger partial charge is 0.147 e. The molecule has 1 aliphatic heterocycles. The summed E-state index contributed by atoms with van der Waals surface area (Å²) >= 11 is 0. The van der Waals surface area contributed by atoms with E-state index in [-0.39, 0.29) is 11.9 Å². The molecule has 21 heavy (non-hydrogen) atoms. The van der Waals surface area contributed by atoms with Gasteiger partial charge in [-0.1, -0.05) is 30.8 Å². The standard InChI is InChI=1S/C18H16FNO/c1-13(12-21)18-17-5-3-2-4-14(17)10-11-20(18)16-8-6-15(19)7-9-16/h2-9,12,18H,1,10-11H2/t18-/m1/s1. The van der Waals surface area contributed by atoms with Crippen molar-refractivity contribution in [2.75, 3.05) is 11.4 Å². The van der Waals surface area contributed by atoms with Crippen LogP contribution < -0.4 is 4.90 Å². The topological polar surface area (TPSA) is 20.3 Å². The summed E-state index contributed by atoms with van der Waals surface area (Å²) in [6, 6.07) is 14.3. The fourth-order valence-electron chi connectivity index (χ4n) is 2.94. The van der Waals surface area contributed by atoms with Crippen LogP contribution >= 0.6 is 0 Å². The van der Waals surface area contributed by atoms with Crippen LogP contribution in [0.15, 0.2) is 60.7 Å². The van der Waals surface area contributed by atoms with Crippen molar-refractivity contribution in [2.24, 2.45) is 0 Å². The number of carbonyl (C=O) groups is 1. The van der Waals surface area contributed by atoms with Gasteiger partial charge in [0.25, 0.3) is 0 Å². The van der Waals surface area contributed by atoms with Crippen molar-refractivity contribution in [3.63, 3.8) is 0 Å². The normalized spacial score (nSPS) is 17.2. The second kappa shape index (κ2) is 5.52. The molecule has 0 fully saturated rings. The molecule has 0 saturated carbocycles. The van der Waals surface area contributed by atoms with Gasteiger partial charge in [-0.2, -0.15) is 0 Å². The zero-order valence-electron chi connectivity index (χ0n) is 11.6. The molecule has 0 spiro atoms. The highest BCUT2D eigenvalue weighted by molar-refractivity contribution is 5.77. The lowest BCUT2D eigenvalue weighted by Crippen LogP contribution is -2.36. The van der Waals surface area contributed by atoms with Crippen LogP contribution in [0, 0.1) is 5.82 Å². The van der Waals surface area contributed by atoms with Crippen molar-refractivity contribution < 1.29 is 9.18 Å². The number of rotatable bonds is 3. The summed E-state index contributed by atoms with van der Waals surface area (Å²) in [5.74, 6) is -0.262. The van der Waals surface area contributed by atoms with Crippen molar-refractivity contribution in [3.8, 4) is 0 Å². The Labute approximate surface area is 123 Å². The van der Waals surface area contributed by atoms with E-state index in [0.29, 0.717) is 5.57 Å². The monoisotopic (exact) mass is 281 g/mol. The maximum absolute atomic E-state index is 13.1. The van der Waals surface area contributed by atoms with Gasteiger partial charge in [0.15, 0.2) is 0 Å². The molecule has 2 nitrogen and oxygen atoms in total. The van der Waals surface area contributed by atoms with Crippen molar-refractivity contribution in [1.29, 1.82) is 0 Å². The Kier molecular flexibility index (Phi) is 3.57. The molecule has 1 atom stereocenters. The highest BCUT2D eigenvalue weighted by Gasteiger charge is 2.29. The van der Waals surface area contributed by atoms with Gasteiger partial charge in [-0.3, -0.25) is 4.79 Å². The first-order chi connectivity index (χ1) is 10.2. The third-order valence-corrected chi connectivity index (χ3v) is 3.94. The third kappa shape index (κ3) is 2.47. The molecule has 106 valence electrons. The molecule has 2 aromatic rings. The molecule has 0 bridgehead atoms. The summed E-state index contributed by atoms with van der Waals surface area (Å²) in [7, 11) is 0. The number of benzene rings is 2. The Morgan fingerprint density at radius 3 is 2.62 bits per heavy atom. The lowest BCUT2D eigenvalue weighted by molar-refractivity contribution is -0.105. The van der Waals surface area contributed by atoms with Gasteiger partial charge in [0.2, 0.25) is 0 Å². The van der Waals surface area contributed by atoms with Crippen molar-refractivity contribution in [1.82, 2.24) is 0 Å². The quantitative estimate of drug-likeness (QED) is 0.632. The van der Waals surface area contributed by atoms with E-state index in [2.05, 4.69) is 17.5 Å². The van der Waals surface area contributed by atoms with E-state index >= 15 is 0 Å². The minimum absolute atomic E-state index is 0.182. The zero-order valence-corrected chi connectivity index (χ0v) is 11.6. The molecule has 0 saturated heterocycles. The summed E-state index contributed by atoms with van der Waals surface area (Å²) in [5, 5.41) is 0. The zero-order chi connectivity index (χ0) is 14.8. The maximum atomic E-state index is 13.1. The van der Waals surface area contributed by atoms with Gasteiger partial charge >= 0.3 is 0 Å². The predicted molar refractivity (Wildman–Crippen MR) is 81.8 cm³/mol. The Balaban J connectivity index is 2.06. The molecule has 0 radical (unpaired) electrons. The lowest BCUT2D eigenvalue weighted by Gasteiger charge is -2.39. The van der Waals surface area contributed by atoms with Crippen LogP contribution in [0.3, 0.4) is 0 Å². The molecule has 3 heteroatoms. The summed E-state index contributed by atoms with van der Waals surface area (Å²) < 4.78 is 13.1. The van der Waals surface area contributed by atoms with Gasteiger partial charge in [-0.25, -0.2) is 4.39 Å². The molecule has 1 heterocycles. The van der Waals surface area contributed by atoms with Crippen LogP contribution in [-0.2, 0) is 11.2 Å². The number of halogens is 1. The van der Waals surface area contributed by atoms with E-state index in [1.165, 1.54) is 17.7 Å². The van der Waals surface area contributed by atoms with Gasteiger partial charge in [-0.15, -0.1) is 0 Å². The first-order valence-electron chi connectivity index (χ1n) is 6.94. The molecular weight excluding hydrogens is 265 g/mol. The molecule has 0 amide bonds. The SMILES string of the molecule is C=C(C=O)[C@@H]1c2ccccc2CCN1c1ccc(F)cc1. The average Bonchev–Trinajstić information content (AvgIpc) is 2.54. The summed E-state index contributed by atoms with van der Waals surface area (Å²) in [5.41, 5.74) is 3.76. The molecule has 0 aromatic heterocycles. The van der Waals surface area contributed by atoms with Crippen LogP contribution in [0.5, 0.6) is 0 Å². The molecule has 0 N–H and O–H groups in total.